The van der Waals surface area contributed by atoms with Crippen molar-refractivity contribution in [1.82, 2.24) is 0 Å². The molecule has 1 rings (SSSR count). The lowest BCUT2D eigenvalue weighted by Gasteiger charge is -2.21. The maximum absolute atomic E-state index is 8.74. The van der Waals surface area contributed by atoms with E-state index in [1.54, 1.807) is 0 Å². The molecule has 16 heavy (non-hydrogen) atoms. The Hall–Kier alpha value is -1.23. The first kappa shape index (κ1) is 12.8. The summed E-state index contributed by atoms with van der Waals surface area (Å²) in [7, 11) is 1.99. The number of rotatable bonds is 4. The molecule has 0 radical (unpaired) electrons. The van der Waals surface area contributed by atoms with Crippen molar-refractivity contribution in [1.29, 1.82) is 0 Å². The van der Waals surface area contributed by atoms with E-state index < -0.39 is 0 Å². The van der Waals surface area contributed by atoms with Gasteiger partial charge in [0.2, 0.25) is 0 Å². The Morgan fingerprint density at radius 2 is 2.25 bits per heavy atom. The SMILES string of the molecule is CCCN(C)c1ccc(Br)cc1/C(N)=N/O. The fraction of sp³-hybridized carbons (Fsp3) is 0.364. The van der Waals surface area contributed by atoms with Crippen LogP contribution in [0.3, 0.4) is 0 Å². The molecule has 0 aliphatic carbocycles. The highest BCUT2D eigenvalue weighted by molar-refractivity contribution is 9.10. The van der Waals surface area contributed by atoms with Crippen LogP contribution in [0.25, 0.3) is 0 Å². The van der Waals surface area contributed by atoms with Gasteiger partial charge in [-0.1, -0.05) is 28.0 Å². The summed E-state index contributed by atoms with van der Waals surface area (Å²) in [5.74, 6) is 0.124. The number of oxime groups is 1. The Balaban J connectivity index is 3.17. The van der Waals surface area contributed by atoms with Crippen LogP contribution in [0.2, 0.25) is 0 Å². The molecule has 0 atom stereocenters. The molecular weight excluding hydrogens is 270 g/mol. The number of benzene rings is 1. The average Bonchev–Trinajstić information content (AvgIpc) is 2.28. The molecule has 5 heteroatoms. The molecular formula is C11H16BrN3O. The number of hydrogen-bond acceptors (Lipinski definition) is 3. The van der Waals surface area contributed by atoms with Crippen molar-refractivity contribution >= 4 is 27.5 Å². The molecule has 1 aromatic rings. The van der Waals surface area contributed by atoms with Gasteiger partial charge in [0.15, 0.2) is 5.84 Å². The minimum atomic E-state index is 0.124. The lowest BCUT2D eigenvalue weighted by atomic mass is 10.1. The number of amidine groups is 1. The average molecular weight is 286 g/mol. The Morgan fingerprint density at radius 3 is 2.81 bits per heavy atom. The number of halogens is 1. The van der Waals surface area contributed by atoms with Crippen molar-refractivity contribution in [2.75, 3.05) is 18.5 Å². The van der Waals surface area contributed by atoms with Gasteiger partial charge in [0.25, 0.3) is 0 Å². The van der Waals surface area contributed by atoms with Crippen LogP contribution in [0.5, 0.6) is 0 Å². The fourth-order valence-corrected chi connectivity index (χ4v) is 1.92. The molecule has 0 amide bonds. The van der Waals surface area contributed by atoms with Gasteiger partial charge in [0.1, 0.15) is 0 Å². The van der Waals surface area contributed by atoms with Gasteiger partial charge >= 0.3 is 0 Å². The van der Waals surface area contributed by atoms with Gasteiger partial charge in [-0.05, 0) is 24.6 Å². The van der Waals surface area contributed by atoms with Gasteiger partial charge in [0.05, 0.1) is 0 Å². The fourth-order valence-electron chi connectivity index (χ4n) is 1.56. The van der Waals surface area contributed by atoms with Crippen molar-refractivity contribution in [2.45, 2.75) is 13.3 Å². The molecule has 0 aliphatic heterocycles. The summed E-state index contributed by atoms with van der Waals surface area (Å²) in [5.41, 5.74) is 7.34. The Morgan fingerprint density at radius 1 is 1.56 bits per heavy atom. The summed E-state index contributed by atoms with van der Waals surface area (Å²) in [5, 5.41) is 11.8. The summed E-state index contributed by atoms with van der Waals surface area (Å²) in [6, 6.07) is 5.74. The second-order valence-corrected chi connectivity index (χ2v) is 4.48. The molecule has 0 aliphatic rings. The molecule has 0 unspecified atom stereocenters. The van der Waals surface area contributed by atoms with Crippen LogP contribution in [-0.4, -0.2) is 24.6 Å². The van der Waals surface area contributed by atoms with Gasteiger partial charge in [0, 0.05) is 29.3 Å². The summed E-state index contributed by atoms with van der Waals surface area (Å²) < 4.78 is 0.905. The predicted octanol–water partition coefficient (Wildman–Crippen LogP) is 2.39. The van der Waals surface area contributed by atoms with Crippen LogP contribution in [-0.2, 0) is 0 Å². The highest BCUT2D eigenvalue weighted by atomic mass is 79.9. The second-order valence-electron chi connectivity index (χ2n) is 3.57. The smallest absolute Gasteiger partial charge is 0.172 e. The van der Waals surface area contributed by atoms with Crippen molar-refractivity contribution < 1.29 is 5.21 Å². The first-order chi connectivity index (χ1) is 7.60. The standard InChI is InChI=1S/C11H16BrN3O/c1-3-6-15(2)10-5-4-8(12)7-9(10)11(13)14-16/h4-5,7,16H,3,6H2,1-2H3,(H2,13,14). The first-order valence-electron chi connectivity index (χ1n) is 5.08. The van der Waals surface area contributed by atoms with E-state index in [9.17, 15) is 0 Å². The molecule has 4 nitrogen and oxygen atoms in total. The van der Waals surface area contributed by atoms with Gasteiger partial charge in [-0.15, -0.1) is 0 Å². The molecule has 3 N–H and O–H groups in total. The van der Waals surface area contributed by atoms with Crippen molar-refractivity contribution in [3.05, 3.63) is 28.2 Å². The number of hydrogen-bond donors (Lipinski definition) is 2. The zero-order valence-corrected chi connectivity index (χ0v) is 11.0. The Kier molecular flexibility index (Phi) is 4.61. The minimum Gasteiger partial charge on any atom is -0.409 e. The van der Waals surface area contributed by atoms with E-state index in [1.165, 1.54) is 0 Å². The molecule has 1 aromatic carbocycles. The lowest BCUT2D eigenvalue weighted by molar-refractivity contribution is 0.318. The van der Waals surface area contributed by atoms with E-state index in [0.717, 1.165) is 28.7 Å². The van der Waals surface area contributed by atoms with Crippen LogP contribution in [0.4, 0.5) is 5.69 Å². The zero-order valence-electron chi connectivity index (χ0n) is 9.44. The van der Waals surface area contributed by atoms with Crippen LogP contribution < -0.4 is 10.6 Å². The third-order valence-electron chi connectivity index (χ3n) is 2.31. The predicted molar refractivity (Wildman–Crippen MR) is 70.2 cm³/mol. The number of nitrogens with two attached hydrogens (primary N) is 1. The second kappa shape index (κ2) is 5.75. The number of nitrogens with zero attached hydrogens (tertiary/aromatic N) is 2. The molecule has 0 heterocycles. The first-order valence-corrected chi connectivity index (χ1v) is 5.88. The largest absolute Gasteiger partial charge is 0.409 e. The monoisotopic (exact) mass is 285 g/mol. The molecule has 0 aromatic heterocycles. The number of anilines is 1. The van der Waals surface area contributed by atoms with E-state index in [4.69, 9.17) is 10.9 Å². The minimum absolute atomic E-state index is 0.124. The summed E-state index contributed by atoms with van der Waals surface area (Å²) in [4.78, 5) is 2.08. The highest BCUT2D eigenvalue weighted by Crippen LogP contribution is 2.23. The van der Waals surface area contributed by atoms with E-state index in [-0.39, 0.29) is 5.84 Å². The van der Waals surface area contributed by atoms with Crippen molar-refractivity contribution in [3.8, 4) is 0 Å². The van der Waals surface area contributed by atoms with Crippen molar-refractivity contribution in [2.24, 2.45) is 10.9 Å². The summed E-state index contributed by atoms with van der Waals surface area (Å²) in [6.07, 6.45) is 1.04. The van der Waals surface area contributed by atoms with Gasteiger partial charge in [-0.25, -0.2) is 0 Å². The molecule has 0 saturated carbocycles. The zero-order chi connectivity index (χ0) is 12.1. The Labute approximate surface area is 104 Å². The van der Waals surface area contributed by atoms with Crippen molar-refractivity contribution in [3.63, 3.8) is 0 Å². The molecule has 0 bridgehead atoms. The van der Waals surface area contributed by atoms with Gasteiger partial charge in [-0.2, -0.15) is 0 Å². The maximum atomic E-state index is 8.74. The van der Waals surface area contributed by atoms with Crippen LogP contribution in [0, 0.1) is 0 Å². The highest BCUT2D eigenvalue weighted by Gasteiger charge is 2.11. The Bertz CT molecular complexity index is 393. The molecule has 0 saturated heterocycles. The normalized spacial score (nSPS) is 11.6. The van der Waals surface area contributed by atoms with E-state index in [2.05, 4.69) is 32.9 Å². The lowest BCUT2D eigenvalue weighted by Crippen LogP contribution is -2.23. The molecule has 88 valence electrons. The third-order valence-corrected chi connectivity index (χ3v) is 2.81. The maximum Gasteiger partial charge on any atom is 0.172 e. The topological polar surface area (TPSA) is 61.8 Å². The van der Waals surface area contributed by atoms with Crippen LogP contribution in [0.15, 0.2) is 27.8 Å². The van der Waals surface area contributed by atoms with Crippen LogP contribution >= 0.6 is 15.9 Å². The molecule has 0 spiro atoms. The summed E-state index contributed by atoms with van der Waals surface area (Å²) in [6.45, 7) is 3.03. The van der Waals surface area contributed by atoms with Gasteiger partial charge in [-0.3, -0.25) is 0 Å². The third kappa shape index (κ3) is 2.88. The van der Waals surface area contributed by atoms with E-state index >= 15 is 0 Å². The van der Waals surface area contributed by atoms with Crippen LogP contribution in [0.1, 0.15) is 18.9 Å². The van der Waals surface area contributed by atoms with Gasteiger partial charge < -0.3 is 15.8 Å². The summed E-state index contributed by atoms with van der Waals surface area (Å²) >= 11 is 3.37. The van der Waals surface area contributed by atoms with E-state index in [0.29, 0.717) is 0 Å². The van der Waals surface area contributed by atoms with E-state index in [1.807, 2.05) is 25.2 Å². The quantitative estimate of drug-likeness (QED) is 0.386. The molecule has 0 fully saturated rings.